The minimum absolute atomic E-state index is 0.336. The van der Waals surface area contributed by atoms with Crippen molar-refractivity contribution in [1.29, 1.82) is 0 Å². The number of benzene rings is 1. The van der Waals surface area contributed by atoms with E-state index in [0.717, 1.165) is 70.7 Å². The van der Waals surface area contributed by atoms with E-state index < -0.39 is 0 Å². The van der Waals surface area contributed by atoms with E-state index in [2.05, 4.69) is 56.6 Å². The van der Waals surface area contributed by atoms with E-state index in [1.54, 1.807) is 7.11 Å². The Morgan fingerprint density at radius 2 is 1.73 bits per heavy atom. The van der Waals surface area contributed by atoms with Gasteiger partial charge in [0.2, 0.25) is 0 Å². The van der Waals surface area contributed by atoms with Crippen molar-refractivity contribution in [3.8, 4) is 5.75 Å². The van der Waals surface area contributed by atoms with E-state index in [1.165, 1.54) is 18.4 Å². The lowest BCUT2D eigenvalue weighted by atomic mass is 10.1. The van der Waals surface area contributed by atoms with E-state index in [4.69, 9.17) is 9.47 Å². The van der Waals surface area contributed by atoms with E-state index in [0.29, 0.717) is 12.0 Å². The molecule has 0 bridgehead atoms. The Balaban J connectivity index is 1.50. The average Bonchev–Trinajstić information content (AvgIpc) is 3.31. The summed E-state index contributed by atoms with van der Waals surface area (Å²) in [4.78, 5) is 9.51. The quantitative estimate of drug-likeness (QED) is 0.473. The number of hydrogen-bond donors (Lipinski definition) is 2. The molecule has 168 valence electrons. The first-order valence-electron chi connectivity index (χ1n) is 11.3. The summed E-state index contributed by atoms with van der Waals surface area (Å²) in [6, 6.07) is 8.81. The SMILES string of the molecule is CN=C(NCC(C)CN1CCOCC1)NCC(c1ccc(OC)cc1)N1CCCC1. The summed E-state index contributed by atoms with van der Waals surface area (Å²) in [5.41, 5.74) is 1.32. The summed E-state index contributed by atoms with van der Waals surface area (Å²) in [5, 5.41) is 7.08. The number of morpholine rings is 1. The molecule has 30 heavy (non-hydrogen) atoms. The van der Waals surface area contributed by atoms with Crippen LogP contribution < -0.4 is 15.4 Å². The fraction of sp³-hybridized carbons (Fsp3) is 0.696. The van der Waals surface area contributed by atoms with Crippen molar-refractivity contribution in [2.75, 3.05) is 73.2 Å². The third-order valence-corrected chi connectivity index (χ3v) is 6.06. The van der Waals surface area contributed by atoms with Gasteiger partial charge in [-0.2, -0.15) is 0 Å². The van der Waals surface area contributed by atoms with Crippen LogP contribution in [-0.2, 0) is 4.74 Å². The highest BCUT2D eigenvalue weighted by Crippen LogP contribution is 2.26. The van der Waals surface area contributed by atoms with Gasteiger partial charge in [-0.3, -0.25) is 14.8 Å². The lowest BCUT2D eigenvalue weighted by Gasteiger charge is -2.30. The number of nitrogens with one attached hydrogen (secondary N) is 2. The second-order valence-corrected chi connectivity index (χ2v) is 8.38. The van der Waals surface area contributed by atoms with Gasteiger partial charge in [0.1, 0.15) is 5.75 Å². The van der Waals surface area contributed by atoms with E-state index in [-0.39, 0.29) is 0 Å². The number of methoxy groups -OCH3 is 1. The van der Waals surface area contributed by atoms with Gasteiger partial charge in [-0.05, 0) is 49.5 Å². The van der Waals surface area contributed by atoms with Crippen LogP contribution in [0.2, 0.25) is 0 Å². The van der Waals surface area contributed by atoms with Crippen molar-refractivity contribution in [2.24, 2.45) is 10.9 Å². The summed E-state index contributed by atoms with van der Waals surface area (Å²) in [6.07, 6.45) is 2.55. The second-order valence-electron chi connectivity index (χ2n) is 8.38. The standard InChI is InChI=1S/C23H39N5O2/c1-19(18-27-12-14-30-15-13-27)16-25-23(24-2)26-17-22(28-10-4-5-11-28)20-6-8-21(29-3)9-7-20/h6-9,19,22H,4-5,10-18H2,1-3H3,(H2,24,25,26). The summed E-state index contributed by atoms with van der Waals surface area (Å²) >= 11 is 0. The van der Waals surface area contributed by atoms with Crippen LogP contribution in [-0.4, -0.2) is 88.9 Å². The maximum atomic E-state index is 5.45. The van der Waals surface area contributed by atoms with Crippen LogP contribution in [0.5, 0.6) is 5.75 Å². The van der Waals surface area contributed by atoms with Gasteiger partial charge in [0, 0.05) is 39.8 Å². The molecule has 0 aromatic heterocycles. The Kier molecular flexibility index (Phi) is 9.24. The number of guanidine groups is 1. The van der Waals surface area contributed by atoms with E-state index >= 15 is 0 Å². The van der Waals surface area contributed by atoms with Gasteiger partial charge in [0.05, 0.1) is 26.4 Å². The number of rotatable bonds is 9. The molecule has 2 N–H and O–H groups in total. The zero-order chi connectivity index (χ0) is 21.2. The van der Waals surface area contributed by atoms with Crippen molar-refractivity contribution >= 4 is 5.96 Å². The molecular weight excluding hydrogens is 378 g/mol. The Bertz CT molecular complexity index is 639. The van der Waals surface area contributed by atoms with Crippen LogP contribution in [0.1, 0.15) is 31.4 Å². The lowest BCUT2D eigenvalue weighted by Crippen LogP contribution is -2.45. The molecule has 2 saturated heterocycles. The predicted octanol–water partition coefficient (Wildman–Crippen LogP) is 1.97. The first-order chi connectivity index (χ1) is 14.7. The molecule has 2 atom stereocenters. The van der Waals surface area contributed by atoms with Crippen LogP contribution >= 0.6 is 0 Å². The van der Waals surface area contributed by atoms with Crippen molar-refractivity contribution in [3.05, 3.63) is 29.8 Å². The monoisotopic (exact) mass is 417 g/mol. The van der Waals surface area contributed by atoms with Gasteiger partial charge in [-0.25, -0.2) is 0 Å². The molecule has 2 unspecified atom stereocenters. The van der Waals surface area contributed by atoms with Gasteiger partial charge < -0.3 is 20.1 Å². The van der Waals surface area contributed by atoms with Gasteiger partial charge in [0.25, 0.3) is 0 Å². The first-order valence-corrected chi connectivity index (χ1v) is 11.3. The minimum Gasteiger partial charge on any atom is -0.497 e. The first kappa shape index (κ1) is 22.8. The Morgan fingerprint density at radius 3 is 2.37 bits per heavy atom. The number of likely N-dealkylation sites (tertiary alicyclic amines) is 1. The maximum Gasteiger partial charge on any atom is 0.191 e. The average molecular weight is 418 g/mol. The molecule has 2 aliphatic rings. The highest BCUT2D eigenvalue weighted by molar-refractivity contribution is 5.79. The summed E-state index contributed by atoms with van der Waals surface area (Å²) in [7, 11) is 3.56. The zero-order valence-corrected chi connectivity index (χ0v) is 18.9. The third-order valence-electron chi connectivity index (χ3n) is 6.06. The smallest absolute Gasteiger partial charge is 0.191 e. The molecule has 1 aromatic rings. The normalized spacial score (nSPS) is 20.7. The van der Waals surface area contributed by atoms with Gasteiger partial charge in [-0.15, -0.1) is 0 Å². The third kappa shape index (κ3) is 6.86. The molecule has 7 nitrogen and oxygen atoms in total. The topological polar surface area (TPSA) is 61.4 Å². The number of nitrogens with zero attached hydrogens (tertiary/aromatic N) is 3. The van der Waals surface area contributed by atoms with Crippen LogP contribution in [0.25, 0.3) is 0 Å². The van der Waals surface area contributed by atoms with Crippen LogP contribution in [0.3, 0.4) is 0 Å². The van der Waals surface area contributed by atoms with Crippen LogP contribution in [0.4, 0.5) is 0 Å². The van der Waals surface area contributed by atoms with E-state index in [1.807, 2.05) is 7.05 Å². The summed E-state index contributed by atoms with van der Waals surface area (Å²) < 4.78 is 10.8. The summed E-state index contributed by atoms with van der Waals surface area (Å²) in [5.74, 6) is 2.33. The van der Waals surface area contributed by atoms with Crippen LogP contribution in [0, 0.1) is 5.92 Å². The molecule has 7 heteroatoms. The fourth-order valence-electron chi connectivity index (χ4n) is 4.31. The molecule has 3 rings (SSSR count). The highest BCUT2D eigenvalue weighted by Gasteiger charge is 2.24. The maximum absolute atomic E-state index is 5.45. The molecule has 0 radical (unpaired) electrons. The molecule has 0 amide bonds. The lowest BCUT2D eigenvalue weighted by molar-refractivity contribution is 0.0320. The van der Waals surface area contributed by atoms with Crippen molar-refractivity contribution < 1.29 is 9.47 Å². The van der Waals surface area contributed by atoms with Gasteiger partial charge in [-0.1, -0.05) is 19.1 Å². The van der Waals surface area contributed by atoms with Crippen molar-refractivity contribution in [1.82, 2.24) is 20.4 Å². The molecule has 0 aliphatic carbocycles. The predicted molar refractivity (Wildman–Crippen MR) is 122 cm³/mol. The second kappa shape index (κ2) is 12.1. The van der Waals surface area contributed by atoms with Crippen molar-refractivity contribution in [3.63, 3.8) is 0 Å². The summed E-state index contributed by atoms with van der Waals surface area (Å²) in [6.45, 7) is 11.2. The molecule has 2 heterocycles. The molecular formula is C23H39N5O2. The Labute approximate surface area is 181 Å². The van der Waals surface area contributed by atoms with Gasteiger partial charge in [0.15, 0.2) is 5.96 Å². The molecule has 2 aliphatic heterocycles. The van der Waals surface area contributed by atoms with Gasteiger partial charge >= 0.3 is 0 Å². The Hall–Kier alpha value is -1.83. The highest BCUT2D eigenvalue weighted by atomic mass is 16.5. The van der Waals surface area contributed by atoms with E-state index in [9.17, 15) is 0 Å². The van der Waals surface area contributed by atoms with Crippen LogP contribution in [0.15, 0.2) is 29.3 Å². The largest absolute Gasteiger partial charge is 0.497 e. The zero-order valence-electron chi connectivity index (χ0n) is 18.9. The Morgan fingerprint density at radius 1 is 1.07 bits per heavy atom. The van der Waals surface area contributed by atoms with Crippen molar-refractivity contribution in [2.45, 2.75) is 25.8 Å². The molecule has 0 saturated carbocycles. The number of aliphatic imine (C=N–C) groups is 1. The number of ether oxygens (including phenoxy) is 2. The molecule has 2 fully saturated rings. The number of hydrogen-bond acceptors (Lipinski definition) is 5. The minimum atomic E-state index is 0.336. The fourth-order valence-corrected chi connectivity index (χ4v) is 4.31. The molecule has 0 spiro atoms. The molecule has 1 aromatic carbocycles.